The highest BCUT2D eigenvalue weighted by atomic mass is 35.5. The maximum Gasteiger partial charge on any atom is 0.251 e. The Hall–Kier alpha value is -1.95. The summed E-state index contributed by atoms with van der Waals surface area (Å²) < 4.78 is 4.91. The molecular formula is C16H20ClN3O2. The summed E-state index contributed by atoms with van der Waals surface area (Å²) in [5.41, 5.74) is 8.95. The molecule has 3 N–H and O–H groups in total. The lowest BCUT2D eigenvalue weighted by atomic mass is 10.1. The van der Waals surface area contributed by atoms with Gasteiger partial charge in [0.1, 0.15) is 0 Å². The van der Waals surface area contributed by atoms with Crippen molar-refractivity contribution >= 4 is 18.3 Å². The Morgan fingerprint density at radius 1 is 1.32 bits per heavy atom. The van der Waals surface area contributed by atoms with Gasteiger partial charge in [-0.3, -0.25) is 9.78 Å². The van der Waals surface area contributed by atoms with Gasteiger partial charge >= 0.3 is 0 Å². The maximum atomic E-state index is 12.0. The molecule has 22 heavy (non-hydrogen) atoms. The van der Waals surface area contributed by atoms with E-state index in [9.17, 15) is 4.79 Å². The number of nitrogens with zero attached hydrogens (tertiary/aromatic N) is 1. The topological polar surface area (TPSA) is 77.2 Å². The molecule has 118 valence electrons. The third-order valence-corrected chi connectivity index (χ3v) is 3.07. The monoisotopic (exact) mass is 321 g/mol. The van der Waals surface area contributed by atoms with Crippen LogP contribution < -0.4 is 11.1 Å². The number of ether oxygens (including phenoxy) is 1. The predicted molar refractivity (Wildman–Crippen MR) is 89.0 cm³/mol. The standard InChI is InChI=1S/C16H19N3O2.ClH/c1-21-8-7-19-16(20)14-4-2-3-13(10-14)15-9-12(11-17)5-6-18-15;/h2-6,9-10H,7-8,11,17H2,1H3,(H,19,20);1H. The van der Waals surface area contributed by atoms with Crippen molar-refractivity contribution < 1.29 is 9.53 Å². The zero-order valence-electron chi connectivity index (χ0n) is 12.4. The molecule has 2 rings (SSSR count). The number of amides is 1. The van der Waals surface area contributed by atoms with Gasteiger partial charge in [0, 0.05) is 37.5 Å². The van der Waals surface area contributed by atoms with Crippen LogP contribution in [0.1, 0.15) is 15.9 Å². The van der Waals surface area contributed by atoms with Crippen molar-refractivity contribution in [1.29, 1.82) is 0 Å². The van der Waals surface area contributed by atoms with E-state index in [0.717, 1.165) is 16.8 Å². The van der Waals surface area contributed by atoms with E-state index < -0.39 is 0 Å². The summed E-state index contributed by atoms with van der Waals surface area (Å²) in [6.07, 6.45) is 1.73. The van der Waals surface area contributed by atoms with Crippen molar-refractivity contribution in [2.75, 3.05) is 20.3 Å². The fourth-order valence-electron chi connectivity index (χ4n) is 1.95. The number of pyridine rings is 1. The highest BCUT2D eigenvalue weighted by Crippen LogP contribution is 2.19. The number of methoxy groups -OCH3 is 1. The predicted octanol–water partition coefficient (Wildman–Crippen LogP) is 2.01. The zero-order valence-corrected chi connectivity index (χ0v) is 13.2. The molecule has 0 fully saturated rings. The van der Waals surface area contributed by atoms with Gasteiger partial charge in [-0.15, -0.1) is 12.4 Å². The van der Waals surface area contributed by atoms with Gasteiger partial charge in [0.25, 0.3) is 5.91 Å². The highest BCUT2D eigenvalue weighted by molar-refractivity contribution is 5.95. The molecule has 6 heteroatoms. The number of hydrogen-bond donors (Lipinski definition) is 2. The van der Waals surface area contributed by atoms with Crippen LogP contribution >= 0.6 is 12.4 Å². The second-order valence-corrected chi connectivity index (χ2v) is 4.58. The largest absolute Gasteiger partial charge is 0.383 e. The van der Waals surface area contributed by atoms with E-state index in [1.54, 1.807) is 19.4 Å². The van der Waals surface area contributed by atoms with Crippen LogP contribution in [0.15, 0.2) is 42.6 Å². The molecule has 0 aliphatic heterocycles. The van der Waals surface area contributed by atoms with Crippen LogP contribution in [-0.4, -0.2) is 31.2 Å². The molecule has 1 aromatic carbocycles. The number of rotatable bonds is 6. The summed E-state index contributed by atoms with van der Waals surface area (Å²) in [6.45, 7) is 1.44. The van der Waals surface area contributed by atoms with Gasteiger partial charge in [-0.05, 0) is 29.8 Å². The Morgan fingerprint density at radius 2 is 2.14 bits per heavy atom. The van der Waals surface area contributed by atoms with Crippen LogP contribution in [0, 0.1) is 0 Å². The van der Waals surface area contributed by atoms with Crippen molar-refractivity contribution in [3.63, 3.8) is 0 Å². The van der Waals surface area contributed by atoms with E-state index >= 15 is 0 Å². The van der Waals surface area contributed by atoms with E-state index in [1.165, 1.54) is 0 Å². The molecule has 1 heterocycles. The van der Waals surface area contributed by atoms with Crippen LogP contribution in [0.25, 0.3) is 11.3 Å². The average Bonchev–Trinajstić information content (AvgIpc) is 2.55. The molecule has 0 unspecified atom stereocenters. The van der Waals surface area contributed by atoms with E-state index in [2.05, 4.69) is 10.3 Å². The summed E-state index contributed by atoms with van der Waals surface area (Å²) in [6, 6.07) is 11.2. The van der Waals surface area contributed by atoms with Crippen LogP contribution in [0.3, 0.4) is 0 Å². The van der Waals surface area contributed by atoms with Gasteiger partial charge in [0.05, 0.1) is 12.3 Å². The number of halogens is 1. The smallest absolute Gasteiger partial charge is 0.251 e. The Morgan fingerprint density at radius 3 is 2.86 bits per heavy atom. The van der Waals surface area contributed by atoms with Crippen LogP contribution in [0.4, 0.5) is 0 Å². The molecule has 2 aromatic rings. The van der Waals surface area contributed by atoms with Crippen LogP contribution in [0.2, 0.25) is 0 Å². The number of carbonyl (C=O) groups excluding carboxylic acids is 1. The molecular weight excluding hydrogens is 302 g/mol. The van der Waals surface area contributed by atoms with Crippen LogP contribution in [0.5, 0.6) is 0 Å². The zero-order chi connectivity index (χ0) is 15.1. The molecule has 5 nitrogen and oxygen atoms in total. The van der Waals surface area contributed by atoms with E-state index in [1.807, 2.05) is 30.3 Å². The normalized spacial score (nSPS) is 9.91. The molecule has 0 aliphatic carbocycles. The number of benzene rings is 1. The number of nitrogens with one attached hydrogen (secondary N) is 1. The van der Waals surface area contributed by atoms with Crippen molar-refractivity contribution in [3.05, 3.63) is 53.7 Å². The molecule has 0 bridgehead atoms. The molecule has 0 saturated carbocycles. The lowest BCUT2D eigenvalue weighted by Crippen LogP contribution is -2.26. The molecule has 0 radical (unpaired) electrons. The molecule has 1 aromatic heterocycles. The third-order valence-electron chi connectivity index (χ3n) is 3.07. The van der Waals surface area contributed by atoms with Crippen LogP contribution in [-0.2, 0) is 11.3 Å². The van der Waals surface area contributed by atoms with Crippen molar-refractivity contribution in [1.82, 2.24) is 10.3 Å². The first-order valence-corrected chi connectivity index (χ1v) is 6.77. The fourth-order valence-corrected chi connectivity index (χ4v) is 1.95. The van der Waals surface area contributed by atoms with Crippen molar-refractivity contribution in [2.45, 2.75) is 6.54 Å². The Bertz CT molecular complexity index is 620. The molecule has 1 amide bonds. The minimum atomic E-state index is -0.121. The summed E-state index contributed by atoms with van der Waals surface area (Å²) >= 11 is 0. The number of nitrogens with two attached hydrogens (primary N) is 1. The first-order valence-electron chi connectivity index (χ1n) is 6.77. The van der Waals surface area contributed by atoms with Crippen molar-refractivity contribution in [3.8, 4) is 11.3 Å². The summed E-state index contributed by atoms with van der Waals surface area (Å²) in [5.74, 6) is -0.121. The summed E-state index contributed by atoms with van der Waals surface area (Å²) in [7, 11) is 1.60. The van der Waals surface area contributed by atoms with E-state index in [4.69, 9.17) is 10.5 Å². The van der Waals surface area contributed by atoms with Gasteiger partial charge in [-0.1, -0.05) is 12.1 Å². The second kappa shape index (κ2) is 9.15. The summed E-state index contributed by atoms with van der Waals surface area (Å²) in [5, 5.41) is 2.80. The summed E-state index contributed by atoms with van der Waals surface area (Å²) in [4.78, 5) is 16.3. The Labute approximate surface area is 136 Å². The minimum Gasteiger partial charge on any atom is -0.383 e. The molecule has 0 saturated heterocycles. The number of carbonyl (C=O) groups is 1. The van der Waals surface area contributed by atoms with Gasteiger partial charge < -0.3 is 15.8 Å². The average molecular weight is 322 g/mol. The third kappa shape index (κ3) is 4.80. The lowest BCUT2D eigenvalue weighted by molar-refractivity contribution is 0.0937. The first-order chi connectivity index (χ1) is 10.2. The molecule has 0 spiro atoms. The van der Waals surface area contributed by atoms with E-state index in [0.29, 0.717) is 25.3 Å². The maximum absolute atomic E-state index is 12.0. The van der Waals surface area contributed by atoms with E-state index in [-0.39, 0.29) is 18.3 Å². The van der Waals surface area contributed by atoms with Gasteiger partial charge in [-0.25, -0.2) is 0 Å². The minimum absolute atomic E-state index is 0. The molecule has 0 aliphatic rings. The highest BCUT2D eigenvalue weighted by Gasteiger charge is 2.07. The first kappa shape index (κ1) is 18.1. The van der Waals surface area contributed by atoms with Gasteiger partial charge in [0.2, 0.25) is 0 Å². The van der Waals surface area contributed by atoms with Crippen molar-refractivity contribution in [2.24, 2.45) is 5.73 Å². The molecule has 0 atom stereocenters. The number of hydrogen-bond acceptors (Lipinski definition) is 4. The van der Waals surface area contributed by atoms with Gasteiger partial charge in [0.15, 0.2) is 0 Å². The second-order valence-electron chi connectivity index (χ2n) is 4.58. The number of aromatic nitrogens is 1. The lowest BCUT2D eigenvalue weighted by Gasteiger charge is -2.07. The fraction of sp³-hybridized carbons (Fsp3) is 0.250. The quantitative estimate of drug-likeness (QED) is 0.798. The SMILES string of the molecule is COCCNC(=O)c1cccc(-c2cc(CN)ccn2)c1.Cl. The van der Waals surface area contributed by atoms with Gasteiger partial charge in [-0.2, -0.15) is 0 Å². The Balaban J connectivity index is 0.00000242. The Kier molecular flexibility index (Phi) is 7.52.